The molecular formula is C16H14F4N6OS. The van der Waals surface area contributed by atoms with E-state index in [1.54, 1.807) is 0 Å². The number of rotatable bonds is 3. The van der Waals surface area contributed by atoms with Crippen molar-refractivity contribution in [2.24, 2.45) is 0 Å². The maximum Gasteiger partial charge on any atom is 0.415 e. The van der Waals surface area contributed by atoms with Gasteiger partial charge in [0.15, 0.2) is 17.0 Å². The summed E-state index contributed by atoms with van der Waals surface area (Å²) in [5.74, 6) is -1.21. The van der Waals surface area contributed by atoms with Crippen molar-refractivity contribution in [2.75, 3.05) is 16.8 Å². The lowest BCUT2D eigenvalue weighted by Gasteiger charge is -2.22. The van der Waals surface area contributed by atoms with E-state index in [4.69, 9.17) is 28.1 Å². The molecule has 0 saturated carbocycles. The highest BCUT2D eigenvalue weighted by molar-refractivity contribution is 7.80. The first-order valence-electron chi connectivity index (χ1n) is 7.77. The maximum absolute atomic E-state index is 13.7. The number of halogens is 4. The zero-order valence-corrected chi connectivity index (χ0v) is 15.1. The molecule has 0 saturated heterocycles. The second kappa shape index (κ2) is 7.11. The SMILES string of the molecule is Cc1c(C(NC(=S)Nc2nc(N)ncc2N)C(F)(F)F)oc2ccc(F)cc12. The molecule has 1 aromatic carbocycles. The van der Waals surface area contributed by atoms with Gasteiger partial charge in [-0.25, -0.2) is 9.37 Å². The lowest BCUT2D eigenvalue weighted by molar-refractivity contribution is -0.157. The summed E-state index contributed by atoms with van der Waals surface area (Å²) >= 11 is 4.95. The zero-order chi connectivity index (χ0) is 20.6. The third-order valence-electron chi connectivity index (χ3n) is 3.87. The van der Waals surface area contributed by atoms with Crippen LogP contribution in [-0.4, -0.2) is 21.3 Å². The van der Waals surface area contributed by atoms with Gasteiger partial charge in [-0.1, -0.05) is 0 Å². The van der Waals surface area contributed by atoms with E-state index in [0.29, 0.717) is 0 Å². The van der Waals surface area contributed by atoms with Crippen LogP contribution in [0.25, 0.3) is 11.0 Å². The lowest BCUT2D eigenvalue weighted by atomic mass is 10.1. The van der Waals surface area contributed by atoms with E-state index in [2.05, 4.69) is 20.6 Å². The number of aryl methyl sites for hydroxylation is 1. The summed E-state index contributed by atoms with van der Waals surface area (Å²) in [4.78, 5) is 7.42. The quantitative estimate of drug-likeness (QED) is 0.381. The van der Waals surface area contributed by atoms with Crippen molar-refractivity contribution in [2.45, 2.75) is 19.1 Å². The Bertz CT molecular complexity index is 1050. The largest absolute Gasteiger partial charge is 0.458 e. The molecule has 2 aromatic heterocycles. The number of nitrogens with one attached hydrogen (secondary N) is 2. The van der Waals surface area contributed by atoms with Gasteiger partial charge in [-0.15, -0.1) is 0 Å². The fraction of sp³-hybridized carbons (Fsp3) is 0.188. The molecule has 0 bridgehead atoms. The average molecular weight is 414 g/mol. The molecule has 0 aliphatic rings. The second-order valence-corrected chi connectivity index (χ2v) is 6.25. The summed E-state index contributed by atoms with van der Waals surface area (Å²) in [6.07, 6.45) is -3.58. The Kier molecular flexibility index (Phi) is 4.98. The van der Waals surface area contributed by atoms with Gasteiger partial charge in [-0.3, -0.25) is 0 Å². The minimum Gasteiger partial charge on any atom is -0.458 e. The van der Waals surface area contributed by atoms with Gasteiger partial charge in [0.25, 0.3) is 0 Å². The van der Waals surface area contributed by atoms with Crippen LogP contribution < -0.4 is 22.1 Å². The minimum absolute atomic E-state index is 0.0392. The number of nitrogens with zero attached hydrogens (tertiary/aromatic N) is 2. The van der Waals surface area contributed by atoms with Gasteiger partial charge in [0.2, 0.25) is 5.95 Å². The first-order valence-corrected chi connectivity index (χ1v) is 8.18. The van der Waals surface area contributed by atoms with Gasteiger partial charge in [0.1, 0.15) is 17.2 Å². The van der Waals surface area contributed by atoms with Crippen molar-refractivity contribution < 1.29 is 22.0 Å². The number of aromatic nitrogens is 2. The first-order chi connectivity index (χ1) is 13.1. The molecule has 12 heteroatoms. The fourth-order valence-corrected chi connectivity index (χ4v) is 2.78. The standard InChI is InChI=1S/C16H14F4N6OS/c1-6-8-4-7(17)2-3-10(8)27-11(6)12(16(18,19)20)24-15(28)26-13-9(21)5-23-14(22)25-13/h2-5,12H,21H2,1H3,(H4,22,23,24,25,26,28). The second-order valence-electron chi connectivity index (χ2n) is 5.84. The Morgan fingerprint density at radius 1 is 1.29 bits per heavy atom. The highest BCUT2D eigenvalue weighted by Gasteiger charge is 2.44. The van der Waals surface area contributed by atoms with Crippen molar-refractivity contribution in [1.29, 1.82) is 0 Å². The minimum atomic E-state index is -4.76. The summed E-state index contributed by atoms with van der Waals surface area (Å²) in [6.45, 7) is 1.40. The van der Waals surface area contributed by atoms with Crippen LogP contribution in [0.2, 0.25) is 0 Å². The van der Waals surface area contributed by atoms with E-state index < -0.39 is 28.9 Å². The molecule has 1 atom stereocenters. The molecule has 1 unspecified atom stereocenters. The Hall–Kier alpha value is -3.15. The maximum atomic E-state index is 13.7. The van der Waals surface area contributed by atoms with E-state index in [1.165, 1.54) is 19.2 Å². The number of hydrogen-bond donors (Lipinski definition) is 4. The fourth-order valence-electron chi connectivity index (χ4n) is 2.56. The van der Waals surface area contributed by atoms with Gasteiger partial charge >= 0.3 is 6.18 Å². The molecule has 28 heavy (non-hydrogen) atoms. The number of anilines is 3. The molecule has 2 heterocycles. The number of furan rings is 1. The van der Waals surface area contributed by atoms with E-state index in [0.717, 1.165) is 12.1 Å². The number of fused-ring (bicyclic) bond motifs is 1. The van der Waals surface area contributed by atoms with Crippen LogP contribution in [0.3, 0.4) is 0 Å². The normalized spacial score (nSPS) is 12.8. The molecular weight excluding hydrogens is 400 g/mol. The van der Waals surface area contributed by atoms with E-state index in [9.17, 15) is 17.6 Å². The number of benzene rings is 1. The third kappa shape index (κ3) is 3.91. The van der Waals surface area contributed by atoms with Gasteiger partial charge in [-0.05, 0) is 37.3 Å². The zero-order valence-electron chi connectivity index (χ0n) is 14.3. The molecule has 6 N–H and O–H groups in total. The molecule has 148 valence electrons. The van der Waals surface area contributed by atoms with Crippen molar-refractivity contribution in [3.05, 3.63) is 41.5 Å². The predicted octanol–water partition coefficient (Wildman–Crippen LogP) is 3.42. The Morgan fingerprint density at radius 3 is 2.68 bits per heavy atom. The topological polar surface area (TPSA) is 115 Å². The number of nitrogens with two attached hydrogens (primary N) is 2. The van der Waals surface area contributed by atoms with E-state index >= 15 is 0 Å². The molecule has 7 nitrogen and oxygen atoms in total. The van der Waals surface area contributed by atoms with Crippen LogP contribution in [0, 0.1) is 12.7 Å². The summed E-state index contributed by atoms with van der Waals surface area (Å²) < 4.78 is 59.8. The molecule has 3 rings (SSSR count). The van der Waals surface area contributed by atoms with E-state index in [-0.39, 0.29) is 34.0 Å². The van der Waals surface area contributed by atoms with Crippen molar-refractivity contribution in [3.63, 3.8) is 0 Å². The molecule has 0 radical (unpaired) electrons. The van der Waals surface area contributed by atoms with Gasteiger partial charge in [0, 0.05) is 10.9 Å². The lowest BCUT2D eigenvalue weighted by Crippen LogP contribution is -2.40. The summed E-state index contributed by atoms with van der Waals surface area (Å²) in [5.41, 5.74) is 11.4. The van der Waals surface area contributed by atoms with Gasteiger partial charge in [-0.2, -0.15) is 18.2 Å². The van der Waals surface area contributed by atoms with Crippen LogP contribution in [0.5, 0.6) is 0 Å². The average Bonchev–Trinajstić information content (AvgIpc) is 2.91. The van der Waals surface area contributed by atoms with Gasteiger partial charge < -0.3 is 26.5 Å². The molecule has 0 aliphatic carbocycles. The monoisotopic (exact) mass is 414 g/mol. The summed E-state index contributed by atoms with van der Waals surface area (Å²) in [7, 11) is 0. The van der Waals surface area contributed by atoms with Crippen molar-refractivity contribution in [3.8, 4) is 0 Å². The number of thiocarbonyl (C=S) groups is 1. The van der Waals surface area contributed by atoms with Gasteiger partial charge in [0.05, 0.1) is 11.9 Å². The highest BCUT2D eigenvalue weighted by atomic mass is 32.1. The summed E-state index contributed by atoms with van der Waals surface area (Å²) in [5, 5.41) is 4.40. The number of nitrogen functional groups attached to an aromatic ring is 2. The Balaban J connectivity index is 1.92. The smallest absolute Gasteiger partial charge is 0.415 e. The molecule has 0 fully saturated rings. The predicted molar refractivity (Wildman–Crippen MR) is 99.9 cm³/mol. The highest BCUT2D eigenvalue weighted by Crippen LogP contribution is 2.38. The van der Waals surface area contributed by atoms with Crippen LogP contribution >= 0.6 is 12.2 Å². The molecule has 0 aliphatic heterocycles. The Labute approximate surface area is 161 Å². The van der Waals surface area contributed by atoms with Crippen LogP contribution in [-0.2, 0) is 0 Å². The first kappa shape index (κ1) is 19.6. The van der Waals surface area contributed by atoms with Crippen LogP contribution in [0.15, 0.2) is 28.8 Å². The van der Waals surface area contributed by atoms with E-state index in [1.807, 2.05) is 0 Å². The van der Waals surface area contributed by atoms with Crippen LogP contribution in [0.1, 0.15) is 17.4 Å². The third-order valence-corrected chi connectivity index (χ3v) is 4.09. The Morgan fingerprint density at radius 2 is 2.00 bits per heavy atom. The summed E-state index contributed by atoms with van der Waals surface area (Å²) in [6, 6.07) is 1.17. The molecule has 3 aromatic rings. The number of alkyl halides is 3. The molecule has 0 spiro atoms. The van der Waals surface area contributed by atoms with Crippen LogP contribution in [0.4, 0.5) is 35.0 Å². The van der Waals surface area contributed by atoms with Crippen molar-refractivity contribution >= 4 is 45.8 Å². The number of hydrogen-bond acceptors (Lipinski definition) is 6. The van der Waals surface area contributed by atoms with Crippen molar-refractivity contribution in [1.82, 2.24) is 15.3 Å². The molecule has 0 amide bonds.